The van der Waals surface area contributed by atoms with Gasteiger partial charge in [-0.3, -0.25) is 9.58 Å². The Kier molecular flexibility index (Phi) is 4.54. The highest BCUT2D eigenvalue weighted by atomic mass is 15.5. The molecule has 1 N–H and O–H groups in total. The Hall–Kier alpha value is -1.66. The van der Waals surface area contributed by atoms with Gasteiger partial charge in [0.2, 0.25) is 0 Å². The van der Waals surface area contributed by atoms with Crippen LogP contribution in [-0.4, -0.2) is 48.6 Å². The van der Waals surface area contributed by atoms with Crippen LogP contribution in [0.25, 0.3) is 0 Å². The lowest BCUT2D eigenvalue weighted by molar-refractivity contribution is 0.0775. The van der Waals surface area contributed by atoms with Crippen LogP contribution in [0.1, 0.15) is 57.5 Å². The van der Waals surface area contributed by atoms with Crippen molar-refractivity contribution in [2.45, 2.75) is 78.0 Å². The molecule has 0 aromatic carbocycles. The standard InChI is InChI=1S/C19H32N6/c1-14-8-16(15(2)25(14)24-12-20-21-13-24)11-23(7)17-9-18(3,4)22-19(5,6)10-17/h8,12-13,17,22H,9-11H2,1-7H3. The first-order chi connectivity index (χ1) is 11.6. The van der Waals surface area contributed by atoms with E-state index in [9.17, 15) is 0 Å². The fourth-order valence-corrected chi connectivity index (χ4v) is 4.61. The highest BCUT2D eigenvalue weighted by Gasteiger charge is 2.39. The van der Waals surface area contributed by atoms with Gasteiger partial charge < -0.3 is 5.32 Å². The Balaban J connectivity index is 1.80. The fourth-order valence-electron chi connectivity index (χ4n) is 4.61. The predicted molar refractivity (Wildman–Crippen MR) is 101 cm³/mol. The van der Waals surface area contributed by atoms with Crippen molar-refractivity contribution in [2.24, 2.45) is 0 Å². The van der Waals surface area contributed by atoms with Crippen molar-refractivity contribution in [3.63, 3.8) is 0 Å². The van der Waals surface area contributed by atoms with Gasteiger partial charge in [0.05, 0.1) is 0 Å². The number of piperidine rings is 1. The minimum Gasteiger partial charge on any atom is -0.307 e. The summed E-state index contributed by atoms with van der Waals surface area (Å²) in [6.45, 7) is 14.5. The number of hydrogen-bond donors (Lipinski definition) is 1. The van der Waals surface area contributed by atoms with E-state index in [1.165, 1.54) is 17.0 Å². The van der Waals surface area contributed by atoms with Gasteiger partial charge in [0.15, 0.2) is 0 Å². The lowest BCUT2D eigenvalue weighted by Gasteiger charge is -2.49. The maximum Gasteiger partial charge on any atom is 0.139 e. The summed E-state index contributed by atoms with van der Waals surface area (Å²) in [5.41, 5.74) is 4.14. The summed E-state index contributed by atoms with van der Waals surface area (Å²) in [4.78, 5) is 2.52. The van der Waals surface area contributed by atoms with Crippen molar-refractivity contribution < 1.29 is 0 Å². The van der Waals surface area contributed by atoms with E-state index in [1.807, 2.05) is 4.68 Å². The van der Waals surface area contributed by atoms with Crippen LogP contribution in [-0.2, 0) is 6.54 Å². The average Bonchev–Trinajstić information content (AvgIpc) is 3.04. The summed E-state index contributed by atoms with van der Waals surface area (Å²) < 4.78 is 4.10. The van der Waals surface area contributed by atoms with Crippen LogP contribution < -0.4 is 5.32 Å². The third kappa shape index (κ3) is 3.80. The minimum absolute atomic E-state index is 0.167. The maximum absolute atomic E-state index is 3.93. The zero-order chi connectivity index (χ0) is 18.4. The van der Waals surface area contributed by atoms with Crippen LogP contribution in [0.2, 0.25) is 0 Å². The molecule has 3 heterocycles. The molecule has 1 aliphatic rings. The number of rotatable bonds is 4. The summed E-state index contributed by atoms with van der Waals surface area (Å²) in [6.07, 6.45) is 5.81. The maximum atomic E-state index is 3.93. The Labute approximate surface area is 151 Å². The van der Waals surface area contributed by atoms with E-state index in [-0.39, 0.29) is 11.1 Å². The predicted octanol–water partition coefficient (Wildman–Crippen LogP) is 2.75. The Morgan fingerprint density at radius 2 is 1.68 bits per heavy atom. The largest absolute Gasteiger partial charge is 0.307 e. The molecule has 1 fully saturated rings. The molecule has 0 amide bonds. The van der Waals surface area contributed by atoms with Gasteiger partial charge in [0, 0.05) is 35.1 Å². The van der Waals surface area contributed by atoms with Crippen molar-refractivity contribution in [3.8, 4) is 0 Å². The monoisotopic (exact) mass is 344 g/mol. The second-order valence-electron chi connectivity index (χ2n) is 8.92. The zero-order valence-electron chi connectivity index (χ0n) is 16.7. The molecule has 1 aliphatic heterocycles. The Morgan fingerprint density at radius 3 is 2.24 bits per heavy atom. The van der Waals surface area contributed by atoms with Crippen molar-refractivity contribution in [2.75, 3.05) is 7.05 Å². The summed E-state index contributed by atoms with van der Waals surface area (Å²) in [5, 5.41) is 11.6. The van der Waals surface area contributed by atoms with Crippen LogP contribution in [0.4, 0.5) is 0 Å². The van der Waals surface area contributed by atoms with Gasteiger partial charge in [0.1, 0.15) is 12.7 Å². The van der Waals surface area contributed by atoms with Crippen LogP contribution >= 0.6 is 0 Å². The highest BCUT2D eigenvalue weighted by Crippen LogP contribution is 2.32. The normalized spacial score (nSPS) is 20.3. The van der Waals surface area contributed by atoms with Gasteiger partial charge in [0.25, 0.3) is 0 Å². The van der Waals surface area contributed by atoms with E-state index < -0.39 is 0 Å². The molecule has 0 saturated carbocycles. The van der Waals surface area contributed by atoms with Crippen molar-refractivity contribution in [1.82, 2.24) is 29.8 Å². The zero-order valence-corrected chi connectivity index (χ0v) is 16.7. The molecule has 0 aliphatic carbocycles. The van der Waals surface area contributed by atoms with Crippen molar-refractivity contribution in [1.29, 1.82) is 0 Å². The molecule has 25 heavy (non-hydrogen) atoms. The molecule has 0 bridgehead atoms. The van der Waals surface area contributed by atoms with E-state index in [4.69, 9.17) is 0 Å². The van der Waals surface area contributed by atoms with E-state index in [0.29, 0.717) is 6.04 Å². The second-order valence-corrected chi connectivity index (χ2v) is 8.92. The van der Waals surface area contributed by atoms with Gasteiger partial charge in [-0.15, -0.1) is 10.2 Å². The molecule has 0 unspecified atom stereocenters. The topological polar surface area (TPSA) is 50.9 Å². The van der Waals surface area contributed by atoms with Crippen LogP contribution in [0, 0.1) is 13.8 Å². The summed E-state index contributed by atoms with van der Waals surface area (Å²) in [6, 6.07) is 2.85. The number of hydrogen-bond acceptors (Lipinski definition) is 4. The highest BCUT2D eigenvalue weighted by molar-refractivity contribution is 5.27. The van der Waals surface area contributed by atoms with E-state index in [1.54, 1.807) is 12.7 Å². The first-order valence-corrected chi connectivity index (χ1v) is 9.11. The molecule has 1 saturated heterocycles. The minimum atomic E-state index is 0.167. The van der Waals surface area contributed by atoms with E-state index in [0.717, 1.165) is 19.4 Å². The molecule has 0 spiro atoms. The summed E-state index contributed by atoms with van der Waals surface area (Å²) >= 11 is 0. The molecular formula is C19H32N6. The summed E-state index contributed by atoms with van der Waals surface area (Å²) in [7, 11) is 2.26. The van der Waals surface area contributed by atoms with Gasteiger partial charge in [-0.25, -0.2) is 4.68 Å². The third-order valence-electron chi connectivity index (χ3n) is 5.35. The number of nitrogens with one attached hydrogen (secondary N) is 1. The van der Waals surface area contributed by atoms with Crippen molar-refractivity contribution >= 4 is 0 Å². The number of nitrogens with zero attached hydrogens (tertiary/aromatic N) is 5. The number of aryl methyl sites for hydroxylation is 1. The average molecular weight is 345 g/mol. The first-order valence-electron chi connectivity index (χ1n) is 9.11. The molecule has 2 aromatic rings. The fraction of sp³-hybridized carbons (Fsp3) is 0.684. The third-order valence-corrected chi connectivity index (χ3v) is 5.35. The molecule has 0 radical (unpaired) electrons. The smallest absolute Gasteiger partial charge is 0.139 e. The Bertz CT molecular complexity index is 709. The molecule has 0 atom stereocenters. The first kappa shape index (κ1) is 18.1. The van der Waals surface area contributed by atoms with Gasteiger partial charge >= 0.3 is 0 Å². The van der Waals surface area contributed by atoms with Gasteiger partial charge in [-0.2, -0.15) is 0 Å². The van der Waals surface area contributed by atoms with E-state index >= 15 is 0 Å². The summed E-state index contributed by atoms with van der Waals surface area (Å²) in [5.74, 6) is 0. The SMILES string of the molecule is Cc1cc(CN(C)C2CC(C)(C)NC(C)(C)C2)c(C)n1-n1cnnc1. The van der Waals surface area contributed by atoms with E-state index in [2.05, 4.69) is 79.7 Å². The molecule has 6 heteroatoms. The lowest BCUT2D eigenvalue weighted by Crippen LogP contribution is -2.61. The Morgan fingerprint density at radius 1 is 1.12 bits per heavy atom. The lowest BCUT2D eigenvalue weighted by atomic mass is 9.79. The van der Waals surface area contributed by atoms with Crippen LogP contribution in [0.5, 0.6) is 0 Å². The second kappa shape index (κ2) is 6.25. The molecule has 2 aromatic heterocycles. The van der Waals surface area contributed by atoms with Crippen molar-refractivity contribution in [3.05, 3.63) is 35.7 Å². The van der Waals surface area contributed by atoms with Gasteiger partial charge in [-0.1, -0.05) is 0 Å². The van der Waals surface area contributed by atoms with Crippen LogP contribution in [0.3, 0.4) is 0 Å². The molecule has 3 rings (SSSR count). The van der Waals surface area contributed by atoms with Gasteiger partial charge in [-0.05, 0) is 73.1 Å². The quantitative estimate of drug-likeness (QED) is 0.927. The van der Waals surface area contributed by atoms with Crippen LogP contribution in [0.15, 0.2) is 18.7 Å². The number of aromatic nitrogens is 4. The molecule has 138 valence electrons. The molecule has 6 nitrogen and oxygen atoms in total. The molecular weight excluding hydrogens is 312 g/mol.